The molecule has 3 aromatic carbocycles. The van der Waals surface area contributed by atoms with Crippen molar-refractivity contribution >= 4 is 21.7 Å². The van der Waals surface area contributed by atoms with Crippen LogP contribution in [-0.4, -0.2) is 74.9 Å². The molecule has 2 aliphatic heterocycles. The Morgan fingerprint density at radius 1 is 0.796 bits per heavy atom. The molecular formula is C35H32F10N2O6S. The lowest BCUT2D eigenvalue weighted by Crippen LogP contribution is -2.55. The van der Waals surface area contributed by atoms with Crippen LogP contribution in [0.3, 0.4) is 0 Å². The lowest BCUT2D eigenvalue weighted by Gasteiger charge is -2.38. The number of rotatable bonds is 9. The van der Waals surface area contributed by atoms with Gasteiger partial charge < -0.3 is 19.3 Å². The smallest absolute Gasteiger partial charge is 0.405 e. The summed E-state index contributed by atoms with van der Waals surface area (Å²) in [5.74, 6) is -3.15. The molecule has 8 nitrogen and oxygen atoms in total. The predicted molar refractivity (Wildman–Crippen MR) is 170 cm³/mol. The van der Waals surface area contributed by atoms with E-state index in [-0.39, 0.29) is 50.4 Å². The number of piperidine rings is 1. The van der Waals surface area contributed by atoms with Gasteiger partial charge >= 0.3 is 18.7 Å². The van der Waals surface area contributed by atoms with Gasteiger partial charge in [-0.05, 0) is 55.2 Å². The molecule has 54 heavy (non-hydrogen) atoms. The molecule has 0 saturated carbocycles. The first-order chi connectivity index (χ1) is 25.0. The number of benzene rings is 3. The second-order valence-corrected chi connectivity index (χ2v) is 15.2. The predicted octanol–water partition coefficient (Wildman–Crippen LogP) is 7.42. The highest BCUT2D eigenvalue weighted by atomic mass is 32.2. The number of para-hydroxylation sites is 1. The fraction of sp³-hybridized carbons (Fsp3) is 0.429. The average molecular weight is 799 g/mol. The molecule has 2 heterocycles. The van der Waals surface area contributed by atoms with Gasteiger partial charge in [-0.1, -0.05) is 42.5 Å². The Morgan fingerprint density at radius 3 is 1.91 bits per heavy atom. The highest BCUT2D eigenvalue weighted by Gasteiger charge is 2.73. The van der Waals surface area contributed by atoms with Crippen LogP contribution in [0.1, 0.15) is 42.9 Å². The van der Waals surface area contributed by atoms with E-state index < -0.39 is 91.5 Å². The zero-order chi connectivity index (χ0) is 39.9. The molecule has 294 valence electrons. The van der Waals surface area contributed by atoms with Gasteiger partial charge in [-0.3, -0.25) is 9.59 Å². The number of likely N-dealkylation sites (tertiary alicyclic amines) is 2. The Hall–Kier alpha value is -4.39. The number of carbonyl (C=O) groups excluding carboxylic acids is 2. The van der Waals surface area contributed by atoms with E-state index in [1.54, 1.807) is 4.90 Å². The first kappa shape index (κ1) is 40.8. The molecule has 0 N–H and O–H groups in total. The van der Waals surface area contributed by atoms with E-state index in [1.807, 2.05) is 0 Å². The van der Waals surface area contributed by atoms with Crippen LogP contribution in [0, 0.1) is 11.7 Å². The van der Waals surface area contributed by atoms with Gasteiger partial charge in [0.1, 0.15) is 16.3 Å². The van der Waals surface area contributed by atoms with Crippen molar-refractivity contribution in [3.05, 3.63) is 95.3 Å². The lowest BCUT2D eigenvalue weighted by molar-refractivity contribution is -0.392. The van der Waals surface area contributed by atoms with Gasteiger partial charge in [0.2, 0.25) is 11.8 Å². The minimum atomic E-state index is -6.26. The van der Waals surface area contributed by atoms with E-state index in [9.17, 15) is 61.9 Å². The normalized spacial score (nSPS) is 19.2. The topological polar surface area (TPSA) is 93.2 Å². The Balaban J connectivity index is 1.55. The zero-order valence-corrected chi connectivity index (χ0v) is 29.0. The van der Waals surface area contributed by atoms with Crippen LogP contribution in [0.5, 0.6) is 5.75 Å². The van der Waals surface area contributed by atoms with Crippen molar-refractivity contribution in [2.45, 2.75) is 66.8 Å². The average Bonchev–Trinajstić information content (AvgIpc) is 3.55. The van der Waals surface area contributed by atoms with Crippen LogP contribution < -0.4 is 4.74 Å². The maximum Gasteiger partial charge on any atom is 0.573 e. The number of ether oxygens (including phenoxy) is 2. The lowest BCUT2D eigenvalue weighted by atomic mass is 9.88. The summed E-state index contributed by atoms with van der Waals surface area (Å²) in [5, 5.41) is 0. The summed E-state index contributed by atoms with van der Waals surface area (Å²) in [6.45, 7) is -0.487. The molecule has 0 unspecified atom stereocenters. The molecule has 0 radical (unpaired) electrons. The minimum absolute atomic E-state index is 0.175. The van der Waals surface area contributed by atoms with Crippen molar-refractivity contribution in [2.24, 2.45) is 5.92 Å². The van der Waals surface area contributed by atoms with Crippen LogP contribution in [0.2, 0.25) is 0 Å². The second kappa shape index (κ2) is 14.7. The quantitative estimate of drug-likeness (QED) is 0.165. The molecule has 2 aliphatic rings. The van der Waals surface area contributed by atoms with E-state index in [1.165, 1.54) is 11.8 Å². The van der Waals surface area contributed by atoms with Crippen LogP contribution >= 0.6 is 0 Å². The summed E-state index contributed by atoms with van der Waals surface area (Å²) < 4.78 is 176. The molecule has 2 amide bonds. The molecule has 0 bridgehead atoms. The van der Waals surface area contributed by atoms with E-state index in [0.29, 0.717) is 18.2 Å². The maximum atomic E-state index is 14.7. The Morgan fingerprint density at radius 2 is 1.37 bits per heavy atom. The summed E-state index contributed by atoms with van der Waals surface area (Å²) in [5.41, 5.74) is -7.78. The fourth-order valence-electron chi connectivity index (χ4n) is 6.90. The van der Waals surface area contributed by atoms with Gasteiger partial charge in [0.15, 0.2) is 9.84 Å². The summed E-state index contributed by atoms with van der Waals surface area (Å²) in [4.78, 5) is 27.8. The van der Waals surface area contributed by atoms with Crippen molar-refractivity contribution in [3.63, 3.8) is 0 Å². The molecule has 2 fully saturated rings. The highest BCUT2D eigenvalue weighted by Crippen LogP contribution is 2.54. The van der Waals surface area contributed by atoms with Gasteiger partial charge in [-0.15, -0.1) is 13.2 Å². The van der Waals surface area contributed by atoms with Crippen molar-refractivity contribution in [3.8, 4) is 5.75 Å². The van der Waals surface area contributed by atoms with Gasteiger partial charge in [-0.2, -0.15) is 26.3 Å². The number of hydrogen-bond donors (Lipinski definition) is 0. The SMILES string of the molecule is CC(=O)N1CCC(C(=O)N2CC[C@](c3ccc(C(OCc4ccccc4OC(F)(F)F)(C(F)(F)F)C(F)(F)F)cc3)(S(=O)(=O)c3ccc(F)cc3)C2)CC1. The number of sulfone groups is 1. The van der Waals surface area contributed by atoms with E-state index in [2.05, 4.69) is 9.47 Å². The van der Waals surface area contributed by atoms with Crippen molar-refractivity contribution in [1.29, 1.82) is 0 Å². The molecule has 2 saturated heterocycles. The third-order valence-electron chi connectivity index (χ3n) is 9.73. The molecule has 19 heteroatoms. The fourth-order valence-corrected chi connectivity index (χ4v) is 8.97. The molecule has 5 rings (SSSR count). The zero-order valence-electron chi connectivity index (χ0n) is 28.2. The number of nitrogens with zero attached hydrogens (tertiary/aromatic N) is 2. The van der Waals surface area contributed by atoms with Crippen molar-refractivity contribution < 1.29 is 71.4 Å². The summed E-state index contributed by atoms with van der Waals surface area (Å²) in [6.07, 6.45) is -17.7. The van der Waals surface area contributed by atoms with Gasteiger partial charge in [0, 0.05) is 50.1 Å². The standard InChI is InChI=1S/C35H32F10N2O6S/c1-22(48)46-17-14-23(15-18-46)30(49)47-19-16-31(21-47,54(50,51)28-12-10-27(36)11-13-28)25-6-8-26(9-7-25)32(33(37,38)39,34(40,41)42)52-20-24-4-2-3-5-29(24)53-35(43,44)45/h2-13,23H,14-21H2,1H3/t31-/m0/s1. The number of alkyl halides is 9. The van der Waals surface area contributed by atoms with Crippen LogP contribution in [0.25, 0.3) is 0 Å². The number of hydrogen-bond acceptors (Lipinski definition) is 6. The van der Waals surface area contributed by atoms with Crippen molar-refractivity contribution in [2.75, 3.05) is 26.2 Å². The highest BCUT2D eigenvalue weighted by molar-refractivity contribution is 7.92. The summed E-state index contributed by atoms with van der Waals surface area (Å²) >= 11 is 0. The molecule has 0 aliphatic carbocycles. The molecule has 3 aromatic rings. The van der Waals surface area contributed by atoms with Gasteiger partial charge in [0.05, 0.1) is 11.5 Å². The van der Waals surface area contributed by atoms with Gasteiger partial charge in [0.25, 0.3) is 5.60 Å². The Labute approximate surface area is 302 Å². The first-order valence-corrected chi connectivity index (χ1v) is 17.8. The number of halogens is 10. The number of amides is 2. The van der Waals surface area contributed by atoms with Crippen molar-refractivity contribution in [1.82, 2.24) is 9.80 Å². The van der Waals surface area contributed by atoms with E-state index in [0.717, 1.165) is 54.6 Å². The van der Waals surface area contributed by atoms with E-state index >= 15 is 0 Å². The van der Waals surface area contributed by atoms with Crippen LogP contribution in [-0.2, 0) is 41.1 Å². The van der Waals surface area contributed by atoms with Crippen LogP contribution in [0.15, 0.2) is 77.7 Å². The molecule has 0 aromatic heterocycles. The molecular weight excluding hydrogens is 766 g/mol. The first-order valence-electron chi connectivity index (χ1n) is 16.3. The number of carbonyl (C=O) groups is 2. The third-order valence-corrected chi connectivity index (χ3v) is 12.2. The van der Waals surface area contributed by atoms with Gasteiger partial charge in [-0.25, -0.2) is 12.8 Å². The largest absolute Gasteiger partial charge is 0.573 e. The Bertz CT molecular complexity index is 1930. The third kappa shape index (κ3) is 7.74. The Kier molecular flexibility index (Phi) is 11.1. The molecule has 0 spiro atoms. The minimum Gasteiger partial charge on any atom is -0.405 e. The summed E-state index contributed by atoms with van der Waals surface area (Å²) in [6, 6.07) is 9.27. The molecule has 1 atom stereocenters. The monoisotopic (exact) mass is 798 g/mol. The van der Waals surface area contributed by atoms with Crippen LogP contribution in [0.4, 0.5) is 43.9 Å². The second-order valence-electron chi connectivity index (χ2n) is 12.9. The van der Waals surface area contributed by atoms with E-state index in [4.69, 9.17) is 0 Å². The summed E-state index contributed by atoms with van der Waals surface area (Å²) in [7, 11) is -4.65. The maximum absolute atomic E-state index is 14.7.